The van der Waals surface area contributed by atoms with E-state index in [9.17, 15) is 4.79 Å². The molecule has 2 rings (SSSR count). The van der Waals surface area contributed by atoms with Crippen LogP contribution in [-0.2, 0) is 4.74 Å². The summed E-state index contributed by atoms with van der Waals surface area (Å²) in [5.74, 6) is 0.568. The van der Waals surface area contributed by atoms with Gasteiger partial charge in [0.15, 0.2) is 0 Å². The lowest BCUT2D eigenvalue weighted by atomic mass is 10.2. The number of anilines is 1. The zero-order valence-corrected chi connectivity index (χ0v) is 13.6. The van der Waals surface area contributed by atoms with Crippen LogP contribution in [0, 0.1) is 0 Å². The molecule has 1 unspecified atom stereocenters. The number of nitrogens with zero attached hydrogens (tertiary/aromatic N) is 4. The molecular weight excluding hydrogens is 292 g/mol. The number of likely N-dealkylation sites (tertiary alicyclic amines) is 1. The van der Waals surface area contributed by atoms with Crippen molar-refractivity contribution in [2.75, 3.05) is 25.0 Å². The minimum Gasteiger partial charge on any atom is -0.444 e. The summed E-state index contributed by atoms with van der Waals surface area (Å²) >= 11 is 5.89. The van der Waals surface area contributed by atoms with Crippen molar-refractivity contribution in [3.63, 3.8) is 0 Å². The molecule has 0 radical (unpaired) electrons. The molecule has 116 valence electrons. The van der Waals surface area contributed by atoms with Crippen molar-refractivity contribution in [2.45, 2.75) is 38.8 Å². The lowest BCUT2D eigenvalue weighted by Crippen LogP contribution is -2.39. The molecule has 0 aromatic carbocycles. The fourth-order valence-electron chi connectivity index (χ4n) is 2.21. The van der Waals surface area contributed by atoms with E-state index < -0.39 is 5.60 Å². The van der Waals surface area contributed by atoms with Crippen LogP contribution in [0.5, 0.6) is 0 Å². The molecule has 7 heteroatoms. The van der Waals surface area contributed by atoms with Crippen LogP contribution in [-0.4, -0.2) is 52.7 Å². The monoisotopic (exact) mass is 312 g/mol. The molecule has 1 aromatic heterocycles. The Kier molecular flexibility index (Phi) is 4.56. The van der Waals surface area contributed by atoms with Crippen molar-refractivity contribution in [1.29, 1.82) is 0 Å². The van der Waals surface area contributed by atoms with Crippen LogP contribution < -0.4 is 4.90 Å². The Morgan fingerprint density at radius 3 is 2.86 bits per heavy atom. The summed E-state index contributed by atoms with van der Waals surface area (Å²) in [6.45, 7) is 6.87. The zero-order chi connectivity index (χ0) is 15.6. The highest BCUT2D eigenvalue weighted by Crippen LogP contribution is 2.21. The summed E-state index contributed by atoms with van der Waals surface area (Å²) in [7, 11) is 1.91. The van der Waals surface area contributed by atoms with Crippen LogP contribution in [0.2, 0.25) is 5.15 Å². The van der Waals surface area contributed by atoms with Gasteiger partial charge in [-0.15, -0.1) is 0 Å². The molecule has 1 saturated heterocycles. The Hall–Kier alpha value is -1.56. The second kappa shape index (κ2) is 6.05. The summed E-state index contributed by atoms with van der Waals surface area (Å²) in [6.07, 6.45) is 2.21. The first-order chi connectivity index (χ1) is 9.76. The van der Waals surface area contributed by atoms with Gasteiger partial charge in [0.05, 0.1) is 6.04 Å². The fraction of sp³-hybridized carbons (Fsp3) is 0.643. The Morgan fingerprint density at radius 1 is 1.52 bits per heavy atom. The van der Waals surface area contributed by atoms with Crippen molar-refractivity contribution in [3.05, 3.63) is 17.4 Å². The normalized spacial score (nSPS) is 18.7. The summed E-state index contributed by atoms with van der Waals surface area (Å²) in [5, 5.41) is 0.411. The molecular formula is C14H21ClN4O2. The van der Waals surface area contributed by atoms with E-state index >= 15 is 0 Å². The van der Waals surface area contributed by atoms with E-state index in [0.29, 0.717) is 24.2 Å². The lowest BCUT2D eigenvalue weighted by molar-refractivity contribution is 0.0292. The van der Waals surface area contributed by atoms with Crippen molar-refractivity contribution < 1.29 is 9.53 Å². The second-order valence-electron chi connectivity index (χ2n) is 6.16. The molecule has 6 nitrogen and oxygen atoms in total. The largest absolute Gasteiger partial charge is 0.444 e. The molecule has 0 aliphatic carbocycles. The Labute approximate surface area is 130 Å². The molecule has 21 heavy (non-hydrogen) atoms. The average Bonchev–Trinajstić information content (AvgIpc) is 2.85. The molecule has 0 bridgehead atoms. The third kappa shape index (κ3) is 4.20. The highest BCUT2D eigenvalue weighted by molar-refractivity contribution is 6.29. The van der Waals surface area contributed by atoms with Gasteiger partial charge in [-0.1, -0.05) is 11.6 Å². The van der Waals surface area contributed by atoms with Crippen LogP contribution in [0.1, 0.15) is 27.2 Å². The number of ether oxygens (including phenoxy) is 1. The SMILES string of the molecule is CN(c1nccc(Cl)n1)C1CCN(C(=O)OC(C)(C)C)C1. The number of aromatic nitrogens is 2. The molecule has 2 heterocycles. The highest BCUT2D eigenvalue weighted by atomic mass is 35.5. The van der Waals surface area contributed by atoms with Gasteiger partial charge < -0.3 is 14.5 Å². The lowest BCUT2D eigenvalue weighted by Gasteiger charge is -2.26. The highest BCUT2D eigenvalue weighted by Gasteiger charge is 2.32. The molecule has 1 amide bonds. The first-order valence-corrected chi connectivity index (χ1v) is 7.33. The van der Waals surface area contributed by atoms with Crippen molar-refractivity contribution in [2.24, 2.45) is 0 Å². The fourth-order valence-corrected chi connectivity index (χ4v) is 2.34. The van der Waals surface area contributed by atoms with E-state index in [1.165, 1.54) is 0 Å². The second-order valence-corrected chi connectivity index (χ2v) is 6.55. The van der Waals surface area contributed by atoms with Gasteiger partial charge in [-0.05, 0) is 33.3 Å². The summed E-state index contributed by atoms with van der Waals surface area (Å²) in [4.78, 5) is 24.1. The average molecular weight is 313 g/mol. The topological polar surface area (TPSA) is 58.6 Å². The third-order valence-electron chi connectivity index (χ3n) is 3.29. The van der Waals surface area contributed by atoms with Gasteiger partial charge in [-0.3, -0.25) is 0 Å². The number of likely N-dealkylation sites (N-methyl/N-ethyl adjacent to an activating group) is 1. The number of halogens is 1. The molecule has 1 atom stereocenters. The smallest absolute Gasteiger partial charge is 0.410 e. The molecule has 1 fully saturated rings. The molecule has 1 aliphatic rings. The Morgan fingerprint density at radius 2 is 2.24 bits per heavy atom. The molecule has 1 aliphatic heterocycles. The van der Waals surface area contributed by atoms with Gasteiger partial charge in [0.1, 0.15) is 10.8 Å². The van der Waals surface area contributed by atoms with Crippen LogP contribution >= 0.6 is 11.6 Å². The van der Waals surface area contributed by atoms with Gasteiger partial charge >= 0.3 is 6.09 Å². The van der Waals surface area contributed by atoms with E-state index in [2.05, 4.69) is 9.97 Å². The predicted octanol–water partition coefficient (Wildman–Crippen LogP) is 2.58. The molecule has 0 spiro atoms. The molecule has 0 saturated carbocycles. The Bertz CT molecular complexity index is 518. The number of carbonyl (C=O) groups is 1. The number of hydrogen-bond acceptors (Lipinski definition) is 5. The Balaban J connectivity index is 1.97. The van der Waals surface area contributed by atoms with Crippen LogP contribution in [0.3, 0.4) is 0 Å². The summed E-state index contributed by atoms with van der Waals surface area (Å²) in [6, 6.07) is 1.80. The van der Waals surface area contributed by atoms with E-state index in [0.717, 1.165) is 6.42 Å². The van der Waals surface area contributed by atoms with Gasteiger partial charge in [-0.25, -0.2) is 14.8 Å². The number of amides is 1. The van der Waals surface area contributed by atoms with Crippen LogP contribution in [0.15, 0.2) is 12.3 Å². The maximum absolute atomic E-state index is 12.1. The van der Waals surface area contributed by atoms with E-state index in [-0.39, 0.29) is 12.1 Å². The van der Waals surface area contributed by atoms with E-state index in [1.54, 1.807) is 17.2 Å². The van der Waals surface area contributed by atoms with Gasteiger partial charge in [0.25, 0.3) is 0 Å². The zero-order valence-electron chi connectivity index (χ0n) is 12.8. The van der Waals surface area contributed by atoms with Crippen LogP contribution in [0.25, 0.3) is 0 Å². The first kappa shape index (κ1) is 15.8. The van der Waals surface area contributed by atoms with Crippen molar-refractivity contribution >= 4 is 23.6 Å². The summed E-state index contributed by atoms with van der Waals surface area (Å²) in [5.41, 5.74) is -0.475. The van der Waals surface area contributed by atoms with Crippen molar-refractivity contribution in [1.82, 2.24) is 14.9 Å². The van der Waals surface area contributed by atoms with Gasteiger partial charge in [0.2, 0.25) is 5.95 Å². The quantitative estimate of drug-likeness (QED) is 0.786. The van der Waals surface area contributed by atoms with Crippen LogP contribution in [0.4, 0.5) is 10.7 Å². The number of hydrogen-bond donors (Lipinski definition) is 0. The predicted molar refractivity (Wildman–Crippen MR) is 81.7 cm³/mol. The van der Waals surface area contributed by atoms with Crippen molar-refractivity contribution in [3.8, 4) is 0 Å². The minimum absolute atomic E-state index is 0.163. The number of carbonyl (C=O) groups excluding carboxylic acids is 1. The van der Waals surface area contributed by atoms with Gasteiger partial charge in [-0.2, -0.15) is 0 Å². The first-order valence-electron chi connectivity index (χ1n) is 6.95. The third-order valence-corrected chi connectivity index (χ3v) is 3.50. The van der Waals surface area contributed by atoms with E-state index in [1.807, 2.05) is 32.7 Å². The van der Waals surface area contributed by atoms with Gasteiger partial charge in [0, 0.05) is 26.3 Å². The maximum atomic E-state index is 12.1. The molecule has 1 aromatic rings. The minimum atomic E-state index is -0.475. The number of rotatable bonds is 2. The van der Waals surface area contributed by atoms with E-state index in [4.69, 9.17) is 16.3 Å². The maximum Gasteiger partial charge on any atom is 0.410 e. The molecule has 0 N–H and O–H groups in total. The summed E-state index contributed by atoms with van der Waals surface area (Å²) < 4.78 is 5.39. The standard InChI is InChI=1S/C14H21ClN4O2/c1-14(2,3)21-13(20)19-8-6-10(9-19)18(4)12-16-7-5-11(15)17-12/h5,7,10H,6,8-9H2,1-4H3.